The van der Waals surface area contributed by atoms with Crippen LogP contribution in [-0.4, -0.2) is 10.9 Å². The summed E-state index contributed by atoms with van der Waals surface area (Å²) in [5, 5.41) is 2.51. The number of fused-ring (bicyclic) bond motifs is 1. The highest BCUT2D eigenvalue weighted by Crippen LogP contribution is 2.19. The molecular weight excluding hydrogens is 222 g/mol. The summed E-state index contributed by atoms with van der Waals surface area (Å²) in [4.78, 5) is 10.7. The predicted octanol–water partition coefficient (Wildman–Crippen LogP) is 3.50. The lowest BCUT2D eigenvalue weighted by Gasteiger charge is -2.07. The Morgan fingerprint density at radius 2 is 1.83 bits per heavy atom. The fourth-order valence-electron chi connectivity index (χ4n) is 2.25. The van der Waals surface area contributed by atoms with E-state index in [-0.39, 0.29) is 0 Å². The number of aromatic nitrogens is 1. The quantitative estimate of drug-likeness (QED) is 0.637. The smallest absolute Gasteiger partial charge is 0.151 e. The SMILES string of the molecule is O=Cc1ccn(Cc2cccc3ccccc23)c1. The molecule has 0 saturated carbocycles. The Morgan fingerprint density at radius 3 is 2.67 bits per heavy atom. The van der Waals surface area contributed by atoms with E-state index in [1.54, 1.807) is 0 Å². The number of carbonyl (C=O) groups excluding carboxylic acids is 1. The van der Waals surface area contributed by atoms with Gasteiger partial charge >= 0.3 is 0 Å². The van der Waals surface area contributed by atoms with Gasteiger partial charge in [0.05, 0.1) is 0 Å². The molecule has 0 aliphatic carbocycles. The first-order valence-electron chi connectivity index (χ1n) is 5.94. The van der Waals surface area contributed by atoms with Gasteiger partial charge in [0.2, 0.25) is 0 Å². The molecular formula is C16H13NO. The Labute approximate surface area is 105 Å². The van der Waals surface area contributed by atoms with E-state index >= 15 is 0 Å². The molecule has 1 aromatic heterocycles. The van der Waals surface area contributed by atoms with E-state index in [4.69, 9.17) is 0 Å². The maximum absolute atomic E-state index is 10.7. The molecule has 3 aromatic rings. The number of rotatable bonds is 3. The predicted molar refractivity (Wildman–Crippen MR) is 72.9 cm³/mol. The summed E-state index contributed by atoms with van der Waals surface area (Å²) in [6.45, 7) is 0.787. The highest BCUT2D eigenvalue weighted by Gasteiger charge is 2.01. The van der Waals surface area contributed by atoms with E-state index in [2.05, 4.69) is 36.4 Å². The second-order valence-electron chi connectivity index (χ2n) is 4.37. The van der Waals surface area contributed by atoms with Crippen LogP contribution in [0.15, 0.2) is 60.9 Å². The molecule has 3 rings (SSSR count). The summed E-state index contributed by atoms with van der Waals surface area (Å²) in [5.41, 5.74) is 1.98. The van der Waals surface area contributed by atoms with Gasteiger partial charge in [-0.15, -0.1) is 0 Å². The van der Waals surface area contributed by atoms with Gasteiger partial charge in [-0.1, -0.05) is 42.5 Å². The fourth-order valence-corrected chi connectivity index (χ4v) is 2.25. The number of aldehydes is 1. The zero-order valence-corrected chi connectivity index (χ0v) is 9.91. The van der Waals surface area contributed by atoms with Gasteiger partial charge in [0.1, 0.15) is 0 Å². The second kappa shape index (κ2) is 4.49. The fraction of sp³-hybridized carbons (Fsp3) is 0.0625. The molecule has 0 saturated heterocycles. The van der Waals surface area contributed by atoms with Crippen LogP contribution < -0.4 is 0 Å². The molecule has 0 spiro atoms. The first-order chi connectivity index (χ1) is 8.86. The van der Waals surface area contributed by atoms with E-state index < -0.39 is 0 Å². The van der Waals surface area contributed by atoms with E-state index in [9.17, 15) is 4.79 Å². The molecule has 0 unspecified atom stereocenters. The third-order valence-corrected chi connectivity index (χ3v) is 3.14. The Balaban J connectivity index is 2.01. The minimum atomic E-state index is 0.718. The molecule has 0 N–H and O–H groups in total. The first-order valence-corrected chi connectivity index (χ1v) is 5.94. The summed E-state index contributed by atoms with van der Waals surface area (Å²) in [6, 6.07) is 16.5. The number of hydrogen-bond acceptors (Lipinski definition) is 1. The minimum Gasteiger partial charge on any atom is -0.349 e. The third kappa shape index (κ3) is 1.93. The lowest BCUT2D eigenvalue weighted by Crippen LogP contribution is -1.97. The summed E-state index contributed by atoms with van der Waals surface area (Å²) in [7, 11) is 0. The molecule has 2 heteroatoms. The van der Waals surface area contributed by atoms with Crippen LogP contribution in [0.25, 0.3) is 10.8 Å². The van der Waals surface area contributed by atoms with Gasteiger partial charge < -0.3 is 4.57 Å². The monoisotopic (exact) mass is 235 g/mol. The molecule has 18 heavy (non-hydrogen) atoms. The lowest BCUT2D eigenvalue weighted by atomic mass is 10.0. The summed E-state index contributed by atoms with van der Waals surface area (Å²) >= 11 is 0. The maximum atomic E-state index is 10.7. The van der Waals surface area contributed by atoms with Gasteiger partial charge in [-0.05, 0) is 22.4 Å². The number of nitrogens with zero attached hydrogens (tertiary/aromatic N) is 1. The average molecular weight is 235 g/mol. The number of hydrogen-bond donors (Lipinski definition) is 0. The van der Waals surface area contributed by atoms with E-state index in [1.807, 2.05) is 29.1 Å². The Hall–Kier alpha value is -2.35. The van der Waals surface area contributed by atoms with Crippen molar-refractivity contribution in [1.82, 2.24) is 4.57 Å². The number of carbonyl (C=O) groups is 1. The van der Waals surface area contributed by atoms with Gasteiger partial charge in [-0.3, -0.25) is 4.79 Å². The zero-order chi connectivity index (χ0) is 12.4. The van der Waals surface area contributed by atoms with E-state index in [1.165, 1.54) is 16.3 Å². The number of benzene rings is 2. The van der Waals surface area contributed by atoms with Crippen molar-refractivity contribution in [2.75, 3.05) is 0 Å². The molecule has 0 aliphatic rings. The summed E-state index contributed by atoms with van der Waals surface area (Å²) in [5.74, 6) is 0. The van der Waals surface area contributed by atoms with Gasteiger partial charge in [-0.25, -0.2) is 0 Å². The highest BCUT2D eigenvalue weighted by molar-refractivity contribution is 5.85. The van der Waals surface area contributed by atoms with Crippen molar-refractivity contribution in [3.05, 3.63) is 72.1 Å². The van der Waals surface area contributed by atoms with Crippen LogP contribution in [0, 0.1) is 0 Å². The Morgan fingerprint density at radius 1 is 1.00 bits per heavy atom. The molecule has 0 radical (unpaired) electrons. The topological polar surface area (TPSA) is 22.0 Å². The van der Waals surface area contributed by atoms with Crippen LogP contribution in [0.4, 0.5) is 0 Å². The molecule has 2 nitrogen and oxygen atoms in total. The maximum Gasteiger partial charge on any atom is 0.151 e. The highest BCUT2D eigenvalue weighted by atomic mass is 16.1. The van der Waals surface area contributed by atoms with Crippen molar-refractivity contribution in [2.24, 2.45) is 0 Å². The van der Waals surface area contributed by atoms with Crippen LogP contribution in [0.1, 0.15) is 15.9 Å². The second-order valence-corrected chi connectivity index (χ2v) is 4.37. The first kappa shape index (κ1) is 10.8. The largest absolute Gasteiger partial charge is 0.349 e. The average Bonchev–Trinajstić information content (AvgIpc) is 2.87. The lowest BCUT2D eigenvalue weighted by molar-refractivity contribution is 0.112. The standard InChI is InChI=1S/C16H13NO/c18-12-13-8-9-17(10-13)11-15-6-3-5-14-4-1-2-7-16(14)15/h1-10,12H,11H2. The summed E-state index contributed by atoms with van der Waals surface area (Å²) < 4.78 is 2.03. The van der Waals surface area contributed by atoms with Gasteiger partial charge in [0.25, 0.3) is 0 Å². The molecule has 0 atom stereocenters. The third-order valence-electron chi connectivity index (χ3n) is 3.14. The van der Waals surface area contributed by atoms with Gasteiger partial charge in [0, 0.05) is 24.5 Å². The molecule has 0 bridgehead atoms. The van der Waals surface area contributed by atoms with E-state index in [0.29, 0.717) is 0 Å². The van der Waals surface area contributed by atoms with Crippen molar-refractivity contribution in [3.63, 3.8) is 0 Å². The van der Waals surface area contributed by atoms with Crippen molar-refractivity contribution in [1.29, 1.82) is 0 Å². The van der Waals surface area contributed by atoms with Gasteiger partial charge in [-0.2, -0.15) is 0 Å². The van der Waals surface area contributed by atoms with E-state index in [0.717, 1.165) is 18.4 Å². The van der Waals surface area contributed by atoms with Crippen LogP contribution >= 0.6 is 0 Å². The van der Waals surface area contributed by atoms with Crippen molar-refractivity contribution in [2.45, 2.75) is 6.54 Å². The van der Waals surface area contributed by atoms with Gasteiger partial charge in [0.15, 0.2) is 6.29 Å². The van der Waals surface area contributed by atoms with Crippen molar-refractivity contribution >= 4 is 17.1 Å². The van der Waals surface area contributed by atoms with Crippen LogP contribution in [0.2, 0.25) is 0 Å². The molecule has 88 valence electrons. The van der Waals surface area contributed by atoms with Crippen LogP contribution in [-0.2, 0) is 6.54 Å². The van der Waals surface area contributed by atoms with Crippen molar-refractivity contribution < 1.29 is 4.79 Å². The van der Waals surface area contributed by atoms with Crippen molar-refractivity contribution in [3.8, 4) is 0 Å². The molecule has 2 aromatic carbocycles. The zero-order valence-electron chi connectivity index (χ0n) is 9.91. The minimum absolute atomic E-state index is 0.718. The normalized spacial score (nSPS) is 10.7. The molecule has 1 heterocycles. The molecule has 0 fully saturated rings. The van der Waals surface area contributed by atoms with Crippen LogP contribution in [0.3, 0.4) is 0 Å². The molecule has 0 amide bonds. The Bertz CT molecular complexity index is 692. The van der Waals surface area contributed by atoms with Crippen LogP contribution in [0.5, 0.6) is 0 Å². The Kier molecular flexibility index (Phi) is 2.69. The summed E-state index contributed by atoms with van der Waals surface area (Å²) in [6.07, 6.45) is 4.68. The molecule has 0 aliphatic heterocycles.